The van der Waals surface area contributed by atoms with Crippen LogP contribution in [-0.2, 0) is 25.1 Å². The molecule has 5 nitrogen and oxygen atoms in total. The van der Waals surface area contributed by atoms with Crippen LogP contribution < -0.4 is 0 Å². The van der Waals surface area contributed by atoms with Crippen LogP contribution in [0.15, 0.2) is 0 Å². The number of esters is 1. The van der Waals surface area contributed by atoms with Gasteiger partial charge in [-0.25, -0.2) is 4.79 Å². The van der Waals surface area contributed by atoms with Crippen molar-refractivity contribution in [2.45, 2.75) is 20.0 Å². The number of hydrogen-bond acceptors (Lipinski definition) is 4. The molecule has 1 N–H and O–H groups in total. The highest BCUT2D eigenvalue weighted by Crippen LogP contribution is 1.95. The minimum absolute atomic E-state index is 0.227. The van der Waals surface area contributed by atoms with Gasteiger partial charge in [0.15, 0.2) is 6.10 Å². The van der Waals surface area contributed by atoms with Crippen LogP contribution in [0.2, 0.25) is 0 Å². The summed E-state index contributed by atoms with van der Waals surface area (Å²) in [7, 11) is 0. The van der Waals surface area contributed by atoms with E-state index in [0.717, 1.165) is 0 Å². The van der Waals surface area contributed by atoms with Crippen molar-refractivity contribution in [3.8, 4) is 0 Å². The van der Waals surface area contributed by atoms with E-state index < -0.39 is 23.4 Å². The zero-order chi connectivity index (χ0) is 8.85. The van der Waals surface area contributed by atoms with Crippen LogP contribution in [0, 0.1) is 0 Å². The lowest BCUT2D eigenvalue weighted by Gasteiger charge is -2.06. The average molecular weight is 182 g/mol. The number of ether oxygens (including phenoxy) is 1. The van der Waals surface area contributed by atoms with Gasteiger partial charge in [0.25, 0.3) is 0 Å². The molecule has 0 radical (unpaired) electrons. The fourth-order valence-electron chi connectivity index (χ4n) is 0.422. The summed E-state index contributed by atoms with van der Waals surface area (Å²) in [4.78, 5) is 10.7. The first kappa shape index (κ1) is 10.5. The summed E-state index contributed by atoms with van der Waals surface area (Å²) < 4.78 is 26.9. The highest BCUT2D eigenvalue weighted by atomic mass is 32.2. The highest BCUT2D eigenvalue weighted by Gasteiger charge is 2.16. The molecule has 0 aromatic rings. The lowest BCUT2D eigenvalue weighted by molar-refractivity contribution is -0.150. The minimum Gasteiger partial charge on any atom is -0.464 e. The second kappa shape index (κ2) is 5.22. The van der Waals surface area contributed by atoms with Crippen LogP contribution >= 0.6 is 0 Å². The molecule has 0 fully saturated rings. The number of rotatable bonds is 4. The maximum Gasteiger partial charge on any atom is 0.336 e. The Hall–Kier alpha value is -0.460. The van der Waals surface area contributed by atoms with E-state index in [-0.39, 0.29) is 6.61 Å². The van der Waals surface area contributed by atoms with E-state index in [0.29, 0.717) is 0 Å². The van der Waals surface area contributed by atoms with Gasteiger partial charge in [0.1, 0.15) is 0 Å². The Labute approximate surface area is 67.2 Å². The maximum atomic E-state index is 10.7. The van der Waals surface area contributed by atoms with Gasteiger partial charge in [0, 0.05) is 0 Å². The SMILES string of the molecule is CCOC(=O)C(C)OS(=O)O. The molecule has 0 aromatic carbocycles. The Morgan fingerprint density at radius 1 is 1.73 bits per heavy atom. The van der Waals surface area contributed by atoms with E-state index in [1.54, 1.807) is 6.92 Å². The summed E-state index contributed by atoms with van der Waals surface area (Å²) in [6.45, 7) is 3.21. The molecule has 0 saturated heterocycles. The zero-order valence-electron chi connectivity index (χ0n) is 6.27. The summed E-state index contributed by atoms with van der Waals surface area (Å²) in [6, 6.07) is 0. The zero-order valence-corrected chi connectivity index (χ0v) is 7.09. The third-order valence-corrected chi connectivity index (χ3v) is 1.30. The Morgan fingerprint density at radius 2 is 2.27 bits per heavy atom. The largest absolute Gasteiger partial charge is 0.464 e. The molecule has 0 aliphatic carbocycles. The van der Waals surface area contributed by atoms with Crippen molar-refractivity contribution < 1.29 is 22.5 Å². The number of carbonyl (C=O) groups excluding carboxylic acids is 1. The lowest BCUT2D eigenvalue weighted by Crippen LogP contribution is -2.23. The summed E-state index contributed by atoms with van der Waals surface area (Å²) in [5, 5.41) is 0. The van der Waals surface area contributed by atoms with Crippen molar-refractivity contribution in [3.63, 3.8) is 0 Å². The van der Waals surface area contributed by atoms with E-state index >= 15 is 0 Å². The normalized spacial score (nSPS) is 15.5. The third-order valence-electron chi connectivity index (χ3n) is 0.845. The van der Waals surface area contributed by atoms with Crippen molar-refractivity contribution in [1.29, 1.82) is 0 Å². The van der Waals surface area contributed by atoms with Gasteiger partial charge < -0.3 is 4.74 Å². The molecule has 2 unspecified atom stereocenters. The molecule has 6 heteroatoms. The Kier molecular flexibility index (Phi) is 5.01. The van der Waals surface area contributed by atoms with Crippen molar-refractivity contribution in [3.05, 3.63) is 0 Å². The van der Waals surface area contributed by atoms with E-state index in [9.17, 15) is 9.00 Å². The number of carbonyl (C=O) groups is 1. The molecule has 0 saturated carbocycles. The maximum absolute atomic E-state index is 10.7. The van der Waals surface area contributed by atoms with Gasteiger partial charge in [-0.15, -0.1) is 0 Å². The van der Waals surface area contributed by atoms with Crippen molar-refractivity contribution in [2.75, 3.05) is 6.61 Å². The number of hydrogen-bond donors (Lipinski definition) is 1. The van der Waals surface area contributed by atoms with Gasteiger partial charge in [-0.1, -0.05) is 0 Å². The van der Waals surface area contributed by atoms with Crippen molar-refractivity contribution in [1.82, 2.24) is 0 Å². The first-order valence-electron chi connectivity index (χ1n) is 3.02. The van der Waals surface area contributed by atoms with E-state index in [1.165, 1.54) is 6.92 Å². The molecular weight excluding hydrogens is 172 g/mol. The fourth-order valence-corrected chi connectivity index (χ4v) is 0.748. The monoisotopic (exact) mass is 182 g/mol. The van der Waals surface area contributed by atoms with E-state index in [1.807, 2.05) is 0 Å². The Morgan fingerprint density at radius 3 is 2.64 bits per heavy atom. The molecule has 0 aromatic heterocycles. The molecule has 0 bridgehead atoms. The van der Waals surface area contributed by atoms with Gasteiger partial charge in [-0.2, -0.15) is 4.21 Å². The van der Waals surface area contributed by atoms with Gasteiger partial charge in [-0.05, 0) is 13.8 Å². The molecular formula is C5H10O5S. The molecule has 0 aliphatic heterocycles. The minimum atomic E-state index is -2.42. The van der Waals surface area contributed by atoms with E-state index in [2.05, 4.69) is 8.92 Å². The topological polar surface area (TPSA) is 72.8 Å². The van der Waals surface area contributed by atoms with Crippen LogP contribution in [0.25, 0.3) is 0 Å². The molecule has 0 amide bonds. The van der Waals surface area contributed by atoms with Crippen LogP contribution in [0.3, 0.4) is 0 Å². The van der Waals surface area contributed by atoms with Gasteiger partial charge in [-0.3, -0.25) is 8.74 Å². The molecule has 2 atom stereocenters. The van der Waals surface area contributed by atoms with Crippen LogP contribution in [0.1, 0.15) is 13.8 Å². The fraction of sp³-hybridized carbons (Fsp3) is 0.800. The van der Waals surface area contributed by atoms with Gasteiger partial charge in [0.05, 0.1) is 6.61 Å². The predicted molar refractivity (Wildman–Crippen MR) is 38.0 cm³/mol. The quantitative estimate of drug-likeness (QED) is 0.492. The third kappa shape index (κ3) is 4.88. The van der Waals surface area contributed by atoms with Crippen LogP contribution in [0.5, 0.6) is 0 Å². The summed E-state index contributed by atoms with van der Waals surface area (Å²) in [6.07, 6.45) is -0.999. The van der Waals surface area contributed by atoms with Crippen LogP contribution in [0.4, 0.5) is 0 Å². The molecule has 0 heterocycles. The lowest BCUT2D eigenvalue weighted by atomic mass is 10.4. The molecule has 0 rings (SSSR count). The average Bonchev–Trinajstić information content (AvgIpc) is 1.86. The molecule has 0 aliphatic rings. The molecule has 11 heavy (non-hydrogen) atoms. The van der Waals surface area contributed by atoms with Gasteiger partial charge in [0.2, 0.25) is 0 Å². The summed E-state index contributed by atoms with van der Waals surface area (Å²) in [5.41, 5.74) is 0. The predicted octanol–water partition coefficient (Wildman–Crippen LogP) is 0.0913. The molecule has 66 valence electrons. The summed E-state index contributed by atoms with van der Waals surface area (Å²) in [5.74, 6) is -0.644. The first-order valence-corrected chi connectivity index (χ1v) is 4.05. The Bertz CT molecular complexity index is 157. The smallest absolute Gasteiger partial charge is 0.336 e. The van der Waals surface area contributed by atoms with E-state index in [4.69, 9.17) is 4.55 Å². The van der Waals surface area contributed by atoms with Crippen molar-refractivity contribution >= 4 is 17.3 Å². The second-order valence-corrected chi connectivity index (χ2v) is 2.33. The first-order chi connectivity index (χ1) is 5.07. The highest BCUT2D eigenvalue weighted by molar-refractivity contribution is 7.74. The van der Waals surface area contributed by atoms with Crippen LogP contribution in [-0.4, -0.2) is 27.4 Å². The van der Waals surface area contributed by atoms with Gasteiger partial charge >= 0.3 is 17.3 Å². The summed E-state index contributed by atoms with van der Waals surface area (Å²) >= 11 is -2.42. The standard InChI is InChI=1S/C5H10O5S/c1-3-9-5(6)4(2)10-11(7)8/h4H,3H2,1-2H3,(H,7,8). The molecule has 0 spiro atoms. The second-order valence-electron chi connectivity index (χ2n) is 1.71. The Balaban J connectivity index is 3.73. The van der Waals surface area contributed by atoms with Crippen molar-refractivity contribution in [2.24, 2.45) is 0 Å².